The Morgan fingerprint density at radius 3 is 2.40 bits per heavy atom. The number of aliphatic carboxylic acids is 1. The van der Waals surface area contributed by atoms with Gasteiger partial charge in [-0.15, -0.1) is 12.4 Å². The number of nitrogens with one attached hydrogen (secondary N) is 3. The van der Waals surface area contributed by atoms with E-state index in [1.807, 2.05) is 50.2 Å². The summed E-state index contributed by atoms with van der Waals surface area (Å²) in [6.07, 6.45) is 0.0546. The Labute approximate surface area is 210 Å². The summed E-state index contributed by atoms with van der Waals surface area (Å²) in [5.74, 6) is -1.23. The molecular weight excluding hydrogens is 464 g/mol. The van der Waals surface area contributed by atoms with Gasteiger partial charge in [-0.25, -0.2) is 0 Å². The normalized spacial score (nSPS) is 10.1. The van der Waals surface area contributed by atoms with Gasteiger partial charge < -0.3 is 15.7 Å². The molecule has 0 saturated carbocycles. The summed E-state index contributed by atoms with van der Waals surface area (Å²) in [6, 6.07) is 20.3. The van der Waals surface area contributed by atoms with E-state index < -0.39 is 5.97 Å². The predicted octanol–water partition coefficient (Wildman–Crippen LogP) is 4.58. The fraction of sp³-hybridized carbons (Fsp3) is 0.185. The first kappa shape index (κ1) is 27.3. The molecule has 0 aliphatic heterocycles. The zero-order chi connectivity index (χ0) is 24.7. The van der Waals surface area contributed by atoms with Crippen LogP contribution in [0.1, 0.15) is 44.6 Å². The Hall–Kier alpha value is -3.99. The molecule has 4 N–H and O–H groups in total. The molecule has 0 aliphatic rings. The van der Waals surface area contributed by atoms with Gasteiger partial charge in [-0.2, -0.15) is 5.26 Å². The number of halogens is 1. The molecular formula is C27H27ClN4O3. The van der Waals surface area contributed by atoms with Crippen LogP contribution in [0.5, 0.6) is 0 Å². The fourth-order valence-electron chi connectivity index (χ4n) is 3.72. The lowest BCUT2D eigenvalue weighted by molar-refractivity contribution is -0.136. The number of hydrogen-bond donors (Lipinski definition) is 4. The van der Waals surface area contributed by atoms with Crippen molar-refractivity contribution in [2.45, 2.75) is 26.8 Å². The predicted molar refractivity (Wildman–Crippen MR) is 138 cm³/mol. The van der Waals surface area contributed by atoms with Gasteiger partial charge in [0.05, 0.1) is 18.1 Å². The minimum absolute atomic E-state index is 0. The van der Waals surface area contributed by atoms with Crippen molar-refractivity contribution in [3.63, 3.8) is 0 Å². The van der Waals surface area contributed by atoms with Crippen molar-refractivity contribution < 1.29 is 14.7 Å². The Morgan fingerprint density at radius 1 is 1.00 bits per heavy atom. The number of amidine groups is 1. The second kappa shape index (κ2) is 12.5. The maximum absolute atomic E-state index is 12.8. The summed E-state index contributed by atoms with van der Waals surface area (Å²) in [5, 5.41) is 32.2. The van der Waals surface area contributed by atoms with Crippen LogP contribution in [0.15, 0.2) is 60.7 Å². The molecule has 180 valence electrons. The fourth-order valence-corrected chi connectivity index (χ4v) is 3.72. The van der Waals surface area contributed by atoms with E-state index in [4.69, 9.17) is 10.5 Å². The number of aryl methyl sites for hydroxylation is 2. The molecule has 0 heterocycles. The third-order valence-electron chi connectivity index (χ3n) is 5.47. The molecule has 0 atom stereocenters. The van der Waals surface area contributed by atoms with E-state index in [1.54, 1.807) is 24.3 Å². The molecule has 8 heteroatoms. The van der Waals surface area contributed by atoms with Crippen molar-refractivity contribution in [3.05, 3.63) is 94.0 Å². The number of amides is 1. The van der Waals surface area contributed by atoms with Gasteiger partial charge in [-0.1, -0.05) is 42.5 Å². The first-order chi connectivity index (χ1) is 16.3. The van der Waals surface area contributed by atoms with Crippen LogP contribution < -0.4 is 10.6 Å². The highest BCUT2D eigenvalue weighted by Gasteiger charge is 2.14. The molecule has 0 aromatic heterocycles. The molecule has 0 spiro atoms. The van der Waals surface area contributed by atoms with Crippen LogP contribution in [-0.2, 0) is 11.3 Å². The molecule has 7 nitrogen and oxygen atoms in total. The van der Waals surface area contributed by atoms with Crippen LogP contribution in [0.2, 0.25) is 0 Å². The smallest absolute Gasteiger partial charge is 0.304 e. The van der Waals surface area contributed by atoms with Crippen molar-refractivity contribution in [2.24, 2.45) is 0 Å². The quantitative estimate of drug-likeness (QED) is 0.209. The summed E-state index contributed by atoms with van der Waals surface area (Å²) in [4.78, 5) is 23.4. The molecule has 1 amide bonds. The number of carboxylic acid groups (broad SMARTS) is 1. The molecule has 0 bridgehead atoms. The van der Waals surface area contributed by atoms with Crippen molar-refractivity contribution in [1.29, 1.82) is 10.7 Å². The van der Waals surface area contributed by atoms with E-state index in [2.05, 4.69) is 16.7 Å². The van der Waals surface area contributed by atoms with Gasteiger partial charge in [0.1, 0.15) is 5.84 Å². The minimum Gasteiger partial charge on any atom is -0.481 e. The monoisotopic (exact) mass is 490 g/mol. The lowest BCUT2D eigenvalue weighted by atomic mass is 9.95. The van der Waals surface area contributed by atoms with Crippen LogP contribution in [0, 0.1) is 30.6 Å². The third-order valence-corrected chi connectivity index (χ3v) is 5.47. The molecule has 0 aliphatic carbocycles. The van der Waals surface area contributed by atoms with E-state index in [-0.39, 0.29) is 30.6 Å². The van der Waals surface area contributed by atoms with Crippen molar-refractivity contribution in [3.8, 4) is 17.2 Å². The average Bonchev–Trinajstić information content (AvgIpc) is 2.81. The molecule has 0 radical (unpaired) electrons. The topological polar surface area (TPSA) is 126 Å². The van der Waals surface area contributed by atoms with E-state index in [0.717, 1.165) is 27.8 Å². The lowest BCUT2D eigenvalue weighted by Gasteiger charge is -2.13. The number of carbonyl (C=O) groups is 2. The van der Waals surface area contributed by atoms with Crippen LogP contribution >= 0.6 is 12.4 Å². The Balaban J connectivity index is 0.00000432. The second-order valence-electron chi connectivity index (χ2n) is 7.99. The van der Waals surface area contributed by atoms with Gasteiger partial charge in [-0.3, -0.25) is 15.0 Å². The number of carboxylic acids is 1. The van der Waals surface area contributed by atoms with E-state index in [9.17, 15) is 14.9 Å². The molecule has 0 fully saturated rings. The molecule has 35 heavy (non-hydrogen) atoms. The molecule has 0 unspecified atom stereocenters. The van der Waals surface area contributed by atoms with Gasteiger partial charge in [-0.05, 0) is 59.9 Å². The number of carbonyl (C=O) groups excluding carboxylic acids is 1. The van der Waals surface area contributed by atoms with Crippen molar-refractivity contribution in [1.82, 2.24) is 10.6 Å². The zero-order valence-electron chi connectivity index (χ0n) is 19.5. The third kappa shape index (κ3) is 7.00. The van der Waals surface area contributed by atoms with Crippen LogP contribution in [-0.4, -0.2) is 29.4 Å². The highest BCUT2D eigenvalue weighted by atomic mass is 35.5. The number of hydrogen-bond acceptors (Lipinski definition) is 5. The van der Waals surface area contributed by atoms with Gasteiger partial charge in [0.15, 0.2) is 0 Å². The second-order valence-corrected chi connectivity index (χ2v) is 7.99. The van der Waals surface area contributed by atoms with Crippen LogP contribution in [0.3, 0.4) is 0 Å². The highest BCUT2D eigenvalue weighted by Crippen LogP contribution is 2.27. The number of benzene rings is 3. The van der Waals surface area contributed by atoms with Crippen LogP contribution in [0.25, 0.3) is 11.1 Å². The highest BCUT2D eigenvalue weighted by molar-refractivity contribution is 6.12. The molecule has 0 saturated heterocycles. The molecule has 3 rings (SSSR count). The van der Waals surface area contributed by atoms with Gasteiger partial charge in [0.25, 0.3) is 5.91 Å². The molecule has 3 aromatic carbocycles. The maximum Gasteiger partial charge on any atom is 0.304 e. The molecule has 3 aromatic rings. The lowest BCUT2D eigenvalue weighted by Crippen LogP contribution is -2.31. The van der Waals surface area contributed by atoms with Crippen molar-refractivity contribution >= 4 is 30.1 Å². The first-order valence-electron chi connectivity index (χ1n) is 10.8. The standard InChI is InChI=1S/C27H26N4O3.ClH/c1-17-13-19(16-30-12-11-25(32)33)7-9-23(17)26(29)31-27(34)20-8-10-22(18(2)14-20)24-6-4-3-5-21(24)15-28;/h3-10,13-14,30H,11-12,16H2,1-2H3,(H,32,33)(H2,29,31,34);1H. The van der Waals surface area contributed by atoms with E-state index in [0.29, 0.717) is 29.8 Å². The number of nitriles is 1. The van der Waals surface area contributed by atoms with Gasteiger partial charge in [0, 0.05) is 24.2 Å². The largest absolute Gasteiger partial charge is 0.481 e. The number of nitrogens with zero attached hydrogens (tertiary/aromatic N) is 1. The van der Waals surface area contributed by atoms with Gasteiger partial charge in [0.2, 0.25) is 0 Å². The Kier molecular flexibility index (Phi) is 9.71. The first-order valence-corrected chi connectivity index (χ1v) is 10.8. The maximum atomic E-state index is 12.8. The summed E-state index contributed by atoms with van der Waals surface area (Å²) < 4.78 is 0. The Bertz CT molecular complexity index is 1300. The van der Waals surface area contributed by atoms with E-state index in [1.165, 1.54) is 0 Å². The summed E-state index contributed by atoms with van der Waals surface area (Å²) >= 11 is 0. The van der Waals surface area contributed by atoms with E-state index >= 15 is 0 Å². The SMILES string of the molecule is Cc1cc(CNCCC(=O)O)ccc1C(=N)NC(=O)c1ccc(-c2ccccc2C#N)c(C)c1.Cl. The zero-order valence-corrected chi connectivity index (χ0v) is 20.3. The summed E-state index contributed by atoms with van der Waals surface area (Å²) in [6.45, 7) is 4.65. The minimum atomic E-state index is -0.847. The summed E-state index contributed by atoms with van der Waals surface area (Å²) in [5.41, 5.74) is 5.97. The summed E-state index contributed by atoms with van der Waals surface area (Å²) in [7, 11) is 0. The van der Waals surface area contributed by atoms with Crippen molar-refractivity contribution in [2.75, 3.05) is 6.54 Å². The number of rotatable bonds is 8. The Morgan fingerprint density at radius 2 is 1.74 bits per heavy atom. The van der Waals surface area contributed by atoms with Crippen LogP contribution in [0.4, 0.5) is 0 Å². The average molecular weight is 491 g/mol. The van der Waals surface area contributed by atoms with Gasteiger partial charge >= 0.3 is 5.97 Å².